The van der Waals surface area contributed by atoms with Crippen LogP contribution in [-0.4, -0.2) is 18.8 Å². The number of hydrogen-bond acceptors (Lipinski definition) is 2. The lowest BCUT2D eigenvalue weighted by atomic mass is 10.1. The van der Waals surface area contributed by atoms with E-state index in [0.29, 0.717) is 5.25 Å². The number of hydrogen-bond donors (Lipinski definition) is 0. The third kappa shape index (κ3) is 2.71. The van der Waals surface area contributed by atoms with Gasteiger partial charge in [-0.25, -0.2) is 0 Å². The molecule has 0 amide bonds. The predicted octanol–water partition coefficient (Wildman–Crippen LogP) is 4.46. The minimum Gasteiger partial charge on any atom is -0.373 e. The van der Waals surface area contributed by atoms with Gasteiger partial charge in [0.2, 0.25) is 0 Å². The fourth-order valence-corrected chi connectivity index (χ4v) is 4.37. The van der Waals surface area contributed by atoms with Gasteiger partial charge in [-0.2, -0.15) is 0 Å². The Morgan fingerprint density at radius 3 is 2.70 bits per heavy atom. The number of nitrogens with zero attached hydrogens (tertiary/aromatic N) is 1. The lowest BCUT2D eigenvalue weighted by Crippen LogP contribution is -2.27. The van der Waals surface area contributed by atoms with Crippen LogP contribution in [0.4, 0.5) is 5.69 Å². The SMILES string of the molecule is Cc1ccc(N(C)CC2Cc3ccccc3S2)c(C)c1. The molecule has 2 aromatic rings. The van der Waals surface area contributed by atoms with Crippen LogP contribution < -0.4 is 4.90 Å². The van der Waals surface area contributed by atoms with Gasteiger partial charge in [0.25, 0.3) is 0 Å². The molecule has 0 radical (unpaired) electrons. The zero-order valence-corrected chi connectivity index (χ0v) is 13.2. The third-order valence-corrected chi connectivity index (χ3v) is 5.26. The summed E-state index contributed by atoms with van der Waals surface area (Å²) in [5, 5.41) is 0.665. The fourth-order valence-electron chi connectivity index (χ4n) is 2.99. The molecule has 0 N–H and O–H groups in total. The Morgan fingerprint density at radius 1 is 1.15 bits per heavy atom. The molecular formula is C18H21NS. The van der Waals surface area contributed by atoms with Crippen molar-refractivity contribution >= 4 is 17.4 Å². The van der Waals surface area contributed by atoms with Crippen molar-refractivity contribution in [3.8, 4) is 0 Å². The summed E-state index contributed by atoms with van der Waals surface area (Å²) in [6, 6.07) is 15.5. The van der Waals surface area contributed by atoms with E-state index in [2.05, 4.69) is 68.3 Å². The van der Waals surface area contributed by atoms with Crippen LogP contribution in [-0.2, 0) is 6.42 Å². The molecule has 0 bridgehead atoms. The Bertz CT molecular complexity index is 596. The van der Waals surface area contributed by atoms with Gasteiger partial charge < -0.3 is 4.90 Å². The van der Waals surface area contributed by atoms with Gasteiger partial charge in [0.05, 0.1) is 0 Å². The summed E-state index contributed by atoms with van der Waals surface area (Å²) in [4.78, 5) is 3.87. The Balaban J connectivity index is 1.70. The van der Waals surface area contributed by atoms with E-state index in [1.165, 1.54) is 33.7 Å². The van der Waals surface area contributed by atoms with E-state index in [-0.39, 0.29) is 0 Å². The maximum atomic E-state index is 2.40. The van der Waals surface area contributed by atoms with E-state index in [9.17, 15) is 0 Å². The number of rotatable bonds is 3. The minimum atomic E-state index is 0.665. The van der Waals surface area contributed by atoms with E-state index in [4.69, 9.17) is 0 Å². The van der Waals surface area contributed by atoms with Gasteiger partial charge in [-0.3, -0.25) is 0 Å². The topological polar surface area (TPSA) is 3.24 Å². The summed E-state index contributed by atoms with van der Waals surface area (Å²) in [6.07, 6.45) is 1.19. The van der Waals surface area contributed by atoms with Gasteiger partial charge in [-0.1, -0.05) is 35.9 Å². The molecule has 104 valence electrons. The molecule has 2 heteroatoms. The molecule has 1 unspecified atom stereocenters. The Morgan fingerprint density at radius 2 is 1.95 bits per heavy atom. The number of benzene rings is 2. The van der Waals surface area contributed by atoms with Crippen molar-refractivity contribution in [1.82, 2.24) is 0 Å². The Kier molecular flexibility index (Phi) is 3.75. The molecule has 1 atom stereocenters. The zero-order chi connectivity index (χ0) is 14.1. The number of aryl methyl sites for hydroxylation is 2. The van der Waals surface area contributed by atoms with E-state index in [1.807, 2.05) is 11.8 Å². The van der Waals surface area contributed by atoms with Crippen molar-refractivity contribution in [3.05, 3.63) is 59.2 Å². The average Bonchev–Trinajstić information content (AvgIpc) is 2.80. The van der Waals surface area contributed by atoms with Crippen LogP contribution in [0.2, 0.25) is 0 Å². The highest BCUT2D eigenvalue weighted by molar-refractivity contribution is 8.00. The second-order valence-corrected chi connectivity index (χ2v) is 7.06. The first kappa shape index (κ1) is 13.6. The smallest absolute Gasteiger partial charge is 0.0393 e. The molecule has 3 rings (SSSR count). The fraction of sp³-hybridized carbons (Fsp3) is 0.333. The van der Waals surface area contributed by atoms with Crippen molar-refractivity contribution in [2.75, 3.05) is 18.5 Å². The average molecular weight is 283 g/mol. The molecule has 0 saturated carbocycles. The van der Waals surface area contributed by atoms with Crippen LogP contribution in [0.5, 0.6) is 0 Å². The molecule has 1 heterocycles. The quantitative estimate of drug-likeness (QED) is 0.818. The van der Waals surface area contributed by atoms with Gasteiger partial charge in [0.1, 0.15) is 0 Å². The Hall–Kier alpha value is -1.41. The van der Waals surface area contributed by atoms with Gasteiger partial charge in [0.15, 0.2) is 0 Å². The van der Waals surface area contributed by atoms with Crippen LogP contribution in [0, 0.1) is 13.8 Å². The van der Waals surface area contributed by atoms with E-state index >= 15 is 0 Å². The lowest BCUT2D eigenvalue weighted by Gasteiger charge is -2.24. The molecule has 0 fully saturated rings. The van der Waals surface area contributed by atoms with E-state index in [0.717, 1.165) is 6.54 Å². The summed E-state index contributed by atoms with van der Waals surface area (Å²) in [7, 11) is 2.21. The predicted molar refractivity (Wildman–Crippen MR) is 89.0 cm³/mol. The molecule has 20 heavy (non-hydrogen) atoms. The maximum Gasteiger partial charge on any atom is 0.0393 e. The Labute approximate surface area is 126 Å². The van der Waals surface area contributed by atoms with E-state index in [1.54, 1.807) is 0 Å². The number of fused-ring (bicyclic) bond motifs is 1. The van der Waals surface area contributed by atoms with Crippen LogP contribution >= 0.6 is 11.8 Å². The van der Waals surface area contributed by atoms with Crippen LogP contribution in [0.1, 0.15) is 16.7 Å². The lowest BCUT2D eigenvalue weighted by molar-refractivity contribution is 0.812. The van der Waals surface area contributed by atoms with Crippen molar-refractivity contribution < 1.29 is 0 Å². The molecule has 0 saturated heterocycles. The maximum absolute atomic E-state index is 2.40. The highest BCUT2D eigenvalue weighted by Gasteiger charge is 2.23. The molecule has 0 aliphatic carbocycles. The number of anilines is 1. The van der Waals surface area contributed by atoms with Crippen molar-refractivity contribution in [2.24, 2.45) is 0 Å². The molecule has 1 aliphatic rings. The van der Waals surface area contributed by atoms with Gasteiger partial charge >= 0.3 is 0 Å². The van der Waals surface area contributed by atoms with Crippen molar-refractivity contribution in [1.29, 1.82) is 0 Å². The highest BCUT2D eigenvalue weighted by atomic mass is 32.2. The second kappa shape index (κ2) is 5.53. The van der Waals surface area contributed by atoms with Crippen LogP contribution in [0.15, 0.2) is 47.4 Å². The summed E-state index contributed by atoms with van der Waals surface area (Å²) < 4.78 is 0. The summed E-state index contributed by atoms with van der Waals surface area (Å²) in [5.41, 5.74) is 5.57. The zero-order valence-electron chi connectivity index (χ0n) is 12.4. The van der Waals surface area contributed by atoms with Gasteiger partial charge in [-0.15, -0.1) is 11.8 Å². The summed E-state index contributed by atoms with van der Waals surface area (Å²) in [6.45, 7) is 5.46. The third-order valence-electron chi connectivity index (χ3n) is 3.95. The first-order valence-corrected chi connectivity index (χ1v) is 8.04. The molecule has 1 aliphatic heterocycles. The van der Waals surface area contributed by atoms with Crippen LogP contribution in [0.25, 0.3) is 0 Å². The standard InChI is InChI=1S/C18H21NS/c1-13-8-9-17(14(2)10-13)19(3)12-16-11-15-6-4-5-7-18(15)20-16/h4-10,16H,11-12H2,1-3H3. The second-order valence-electron chi connectivity index (χ2n) is 5.72. The van der Waals surface area contributed by atoms with Crippen molar-refractivity contribution in [2.45, 2.75) is 30.4 Å². The molecule has 2 aromatic carbocycles. The summed E-state index contributed by atoms with van der Waals surface area (Å²) in [5.74, 6) is 0. The van der Waals surface area contributed by atoms with Gasteiger partial charge in [-0.05, 0) is 43.5 Å². The molecule has 1 nitrogen and oxygen atoms in total. The highest BCUT2D eigenvalue weighted by Crippen LogP contribution is 2.37. The number of thioether (sulfide) groups is 1. The van der Waals surface area contributed by atoms with Crippen molar-refractivity contribution in [3.63, 3.8) is 0 Å². The molecule has 0 spiro atoms. The molecule has 0 aromatic heterocycles. The first-order valence-electron chi connectivity index (χ1n) is 7.16. The van der Waals surface area contributed by atoms with Gasteiger partial charge in [0, 0.05) is 29.4 Å². The summed E-state index contributed by atoms with van der Waals surface area (Å²) >= 11 is 2.03. The normalized spacial score (nSPS) is 17.1. The first-order chi connectivity index (χ1) is 9.63. The monoisotopic (exact) mass is 283 g/mol. The molecular weight excluding hydrogens is 262 g/mol. The van der Waals surface area contributed by atoms with Crippen LogP contribution in [0.3, 0.4) is 0 Å². The largest absolute Gasteiger partial charge is 0.373 e. The van der Waals surface area contributed by atoms with E-state index < -0.39 is 0 Å². The minimum absolute atomic E-state index is 0.665.